The molecule has 140 valence electrons. The summed E-state index contributed by atoms with van der Waals surface area (Å²) in [5.74, 6) is 2.26. The Bertz CT molecular complexity index is 822. The number of nitrogens with one attached hydrogen (secondary N) is 1. The molecule has 0 spiro atoms. The number of benzene rings is 1. The number of nitrogens with two attached hydrogens (primary N) is 1. The van der Waals surface area contributed by atoms with E-state index < -0.39 is 0 Å². The number of halogens is 1. The monoisotopic (exact) mass is 366 g/mol. The van der Waals surface area contributed by atoms with Gasteiger partial charge in [0.25, 0.3) is 0 Å². The molecule has 1 saturated heterocycles. The third-order valence-corrected chi connectivity index (χ3v) is 5.58. The molecule has 2 aromatic rings. The third kappa shape index (κ3) is 4.10. The van der Waals surface area contributed by atoms with E-state index in [4.69, 9.17) is 5.73 Å². The minimum absolute atomic E-state index is 0.0921. The van der Waals surface area contributed by atoms with Crippen molar-refractivity contribution in [2.24, 2.45) is 17.8 Å². The Morgan fingerprint density at radius 3 is 2.63 bits per heavy atom. The minimum Gasteiger partial charge on any atom is -0.384 e. The zero-order valence-corrected chi connectivity index (χ0v) is 15.0. The second-order valence-corrected chi connectivity index (χ2v) is 7.30. The average molecular weight is 366 g/mol. The maximum Gasteiger partial charge on any atom is 0.244 e. The number of anilines is 2. The van der Waals surface area contributed by atoms with Gasteiger partial charge in [-0.15, -0.1) is 0 Å². The van der Waals surface area contributed by atoms with Gasteiger partial charge in [-0.1, -0.05) is 0 Å². The van der Waals surface area contributed by atoms with Gasteiger partial charge < -0.3 is 16.0 Å². The summed E-state index contributed by atoms with van der Waals surface area (Å²) in [6.07, 6.45) is 5.90. The quantitative estimate of drug-likeness (QED) is 0.771. The lowest BCUT2D eigenvalue weighted by Crippen LogP contribution is -2.26. The number of amides is 1. The van der Waals surface area contributed by atoms with Crippen LogP contribution in [0.4, 0.5) is 15.9 Å². The van der Waals surface area contributed by atoms with Crippen LogP contribution in [-0.2, 0) is 4.79 Å². The highest BCUT2D eigenvalue weighted by Crippen LogP contribution is 2.54. The van der Waals surface area contributed by atoms with Gasteiger partial charge in [0.15, 0.2) is 0 Å². The zero-order valence-electron chi connectivity index (χ0n) is 15.0. The number of piperidine rings is 1. The summed E-state index contributed by atoms with van der Waals surface area (Å²) >= 11 is 0. The molecule has 2 aliphatic rings. The summed E-state index contributed by atoms with van der Waals surface area (Å²) < 4.78 is 13.0. The number of hydrogen-bond acceptors (Lipinski definition) is 4. The first kappa shape index (κ1) is 17.5. The second kappa shape index (κ2) is 7.39. The van der Waals surface area contributed by atoms with Gasteiger partial charge in [0.1, 0.15) is 11.6 Å². The van der Waals surface area contributed by atoms with Crippen LogP contribution in [0.2, 0.25) is 0 Å². The van der Waals surface area contributed by atoms with Gasteiger partial charge in [0, 0.05) is 37.6 Å². The first-order valence-corrected chi connectivity index (χ1v) is 9.28. The summed E-state index contributed by atoms with van der Waals surface area (Å²) in [7, 11) is 0. The van der Waals surface area contributed by atoms with Crippen LogP contribution in [0.15, 0.2) is 48.7 Å². The van der Waals surface area contributed by atoms with Crippen LogP contribution in [0.25, 0.3) is 6.08 Å². The highest BCUT2D eigenvalue weighted by molar-refractivity contribution is 5.91. The first-order chi connectivity index (χ1) is 13.1. The summed E-state index contributed by atoms with van der Waals surface area (Å²) in [5, 5.41) is 2.95. The molecule has 6 heteroatoms. The summed E-state index contributed by atoms with van der Waals surface area (Å²) in [6.45, 7) is 2.75. The van der Waals surface area contributed by atoms with Crippen LogP contribution in [0.1, 0.15) is 12.0 Å². The Balaban J connectivity index is 1.17. The van der Waals surface area contributed by atoms with Crippen LogP contribution in [0.3, 0.4) is 0 Å². The number of rotatable bonds is 6. The number of nitrogen functional groups attached to an aromatic ring is 1. The van der Waals surface area contributed by atoms with Gasteiger partial charge in [0.05, 0.1) is 0 Å². The fourth-order valence-electron chi connectivity index (χ4n) is 4.05. The Hall–Kier alpha value is -2.89. The lowest BCUT2D eigenvalue weighted by atomic mass is 10.2. The molecule has 1 amide bonds. The van der Waals surface area contributed by atoms with Gasteiger partial charge >= 0.3 is 0 Å². The number of fused-ring (bicyclic) bond motifs is 1. The van der Waals surface area contributed by atoms with Crippen LogP contribution in [-0.4, -0.2) is 30.5 Å². The summed E-state index contributed by atoms with van der Waals surface area (Å²) in [6, 6.07) is 10.3. The predicted octanol–water partition coefficient (Wildman–Crippen LogP) is 2.70. The molecule has 1 aliphatic carbocycles. The minimum atomic E-state index is -0.196. The van der Waals surface area contributed by atoms with E-state index in [0.29, 0.717) is 30.1 Å². The summed E-state index contributed by atoms with van der Waals surface area (Å²) in [5.41, 5.74) is 7.48. The molecule has 5 nitrogen and oxygen atoms in total. The predicted molar refractivity (Wildman–Crippen MR) is 104 cm³/mol. The van der Waals surface area contributed by atoms with E-state index in [1.807, 2.05) is 18.2 Å². The number of aromatic nitrogens is 1. The second-order valence-electron chi connectivity index (χ2n) is 7.30. The van der Waals surface area contributed by atoms with E-state index in [1.54, 1.807) is 18.3 Å². The Labute approximate surface area is 158 Å². The van der Waals surface area contributed by atoms with Crippen molar-refractivity contribution in [3.05, 3.63) is 60.1 Å². The maximum absolute atomic E-state index is 13.0. The van der Waals surface area contributed by atoms with E-state index in [0.717, 1.165) is 30.8 Å². The highest BCUT2D eigenvalue weighted by atomic mass is 19.1. The molecule has 1 aromatic heterocycles. The molecule has 4 rings (SSSR count). The molecule has 1 aromatic carbocycles. The van der Waals surface area contributed by atoms with Crippen molar-refractivity contribution in [2.75, 3.05) is 30.3 Å². The van der Waals surface area contributed by atoms with Crippen molar-refractivity contribution in [1.29, 1.82) is 0 Å². The third-order valence-electron chi connectivity index (χ3n) is 5.58. The van der Waals surface area contributed by atoms with Crippen molar-refractivity contribution in [1.82, 2.24) is 10.3 Å². The average Bonchev–Trinajstić information content (AvgIpc) is 3.11. The topological polar surface area (TPSA) is 71.2 Å². The molecule has 2 heterocycles. The van der Waals surface area contributed by atoms with Crippen LogP contribution in [0, 0.1) is 23.6 Å². The van der Waals surface area contributed by atoms with E-state index in [9.17, 15) is 9.18 Å². The Morgan fingerprint density at radius 1 is 1.22 bits per heavy atom. The van der Waals surface area contributed by atoms with Crippen molar-refractivity contribution < 1.29 is 9.18 Å². The Kier molecular flexibility index (Phi) is 4.79. The molecule has 2 fully saturated rings. The van der Waals surface area contributed by atoms with Crippen LogP contribution >= 0.6 is 0 Å². The number of carbonyl (C=O) groups is 1. The fraction of sp³-hybridized carbons (Fsp3) is 0.333. The van der Waals surface area contributed by atoms with Gasteiger partial charge in [-0.3, -0.25) is 4.79 Å². The Morgan fingerprint density at radius 2 is 1.96 bits per heavy atom. The smallest absolute Gasteiger partial charge is 0.244 e. The SMILES string of the molecule is Nc1ccc(/C=C/C(=O)NCC[C@@H]2[C@H]3CN(c4ccc(F)cc4)C[C@@H]23)cn1. The van der Waals surface area contributed by atoms with E-state index in [-0.39, 0.29) is 11.7 Å². The molecule has 3 N–H and O–H groups in total. The molecule has 0 radical (unpaired) electrons. The standard InChI is InChI=1S/C21H23FN4O/c22-15-3-5-16(6-4-15)26-12-18-17(19(18)13-26)9-10-24-21(27)8-2-14-1-7-20(23)25-11-14/h1-8,11,17-19H,9-10,12-13H2,(H2,23,25)(H,24,27)/b8-2+/t17-,18-,19+. The van der Waals surface area contributed by atoms with Gasteiger partial charge in [-0.05, 0) is 72.2 Å². The lowest BCUT2D eigenvalue weighted by Gasteiger charge is -2.22. The van der Waals surface area contributed by atoms with Crippen molar-refractivity contribution in [2.45, 2.75) is 6.42 Å². The van der Waals surface area contributed by atoms with Gasteiger partial charge in [-0.2, -0.15) is 0 Å². The number of nitrogens with zero attached hydrogens (tertiary/aromatic N) is 2. The van der Waals surface area contributed by atoms with Crippen LogP contribution in [0.5, 0.6) is 0 Å². The van der Waals surface area contributed by atoms with E-state index in [2.05, 4.69) is 15.2 Å². The molecular weight excluding hydrogens is 343 g/mol. The number of pyridine rings is 1. The molecule has 3 atom stereocenters. The maximum atomic E-state index is 13.0. The fourth-order valence-corrected chi connectivity index (χ4v) is 4.05. The highest BCUT2D eigenvalue weighted by Gasteiger charge is 2.54. The molecule has 0 bridgehead atoms. The van der Waals surface area contributed by atoms with Crippen LogP contribution < -0.4 is 16.0 Å². The van der Waals surface area contributed by atoms with Crippen molar-refractivity contribution in [3.8, 4) is 0 Å². The molecule has 1 aliphatic heterocycles. The lowest BCUT2D eigenvalue weighted by molar-refractivity contribution is -0.116. The number of hydrogen-bond donors (Lipinski definition) is 2. The van der Waals surface area contributed by atoms with E-state index in [1.165, 1.54) is 18.2 Å². The molecule has 27 heavy (non-hydrogen) atoms. The largest absolute Gasteiger partial charge is 0.384 e. The van der Waals surface area contributed by atoms with Gasteiger partial charge in [-0.25, -0.2) is 9.37 Å². The molecular formula is C21H23FN4O. The normalized spacial score (nSPS) is 23.4. The van der Waals surface area contributed by atoms with Gasteiger partial charge in [0.2, 0.25) is 5.91 Å². The zero-order chi connectivity index (χ0) is 18.8. The molecule has 0 unspecified atom stereocenters. The first-order valence-electron chi connectivity index (χ1n) is 9.28. The summed E-state index contributed by atoms with van der Waals surface area (Å²) in [4.78, 5) is 18.2. The van der Waals surface area contributed by atoms with E-state index >= 15 is 0 Å². The van der Waals surface area contributed by atoms with Crippen molar-refractivity contribution in [3.63, 3.8) is 0 Å². The van der Waals surface area contributed by atoms with Crippen molar-refractivity contribution >= 4 is 23.5 Å². The number of carbonyl (C=O) groups excluding carboxylic acids is 1. The molecule has 1 saturated carbocycles.